The van der Waals surface area contributed by atoms with Crippen LogP contribution in [0.5, 0.6) is 0 Å². The molecule has 1 unspecified atom stereocenters. The zero-order chi connectivity index (χ0) is 19.0. The standard InChI is InChI=1S/C19H24N4O3S/c1-13-12-15(14(2)23(13)19-20-5-11-27-19)17(24)21-6-8-22(9-7-21)18(25)16-4-3-10-26-16/h5,11-12,16H,3-4,6-10H2,1-2H3. The molecule has 2 aliphatic rings. The predicted molar refractivity (Wildman–Crippen MR) is 102 cm³/mol. The third kappa shape index (κ3) is 3.39. The molecule has 2 aromatic heterocycles. The van der Waals surface area contributed by atoms with E-state index in [0.29, 0.717) is 38.3 Å². The summed E-state index contributed by atoms with van der Waals surface area (Å²) in [5.74, 6) is 0.0941. The van der Waals surface area contributed by atoms with E-state index >= 15 is 0 Å². The van der Waals surface area contributed by atoms with Gasteiger partial charge in [-0.05, 0) is 32.8 Å². The molecule has 2 saturated heterocycles. The van der Waals surface area contributed by atoms with E-state index in [0.717, 1.165) is 29.4 Å². The highest BCUT2D eigenvalue weighted by atomic mass is 32.1. The molecule has 2 aliphatic heterocycles. The van der Waals surface area contributed by atoms with Crippen molar-refractivity contribution < 1.29 is 14.3 Å². The van der Waals surface area contributed by atoms with Crippen LogP contribution in [-0.2, 0) is 9.53 Å². The van der Waals surface area contributed by atoms with Gasteiger partial charge in [-0.15, -0.1) is 11.3 Å². The van der Waals surface area contributed by atoms with E-state index in [-0.39, 0.29) is 17.9 Å². The number of amides is 2. The number of hydrogen-bond acceptors (Lipinski definition) is 5. The zero-order valence-electron chi connectivity index (χ0n) is 15.7. The van der Waals surface area contributed by atoms with Crippen molar-refractivity contribution in [2.24, 2.45) is 0 Å². The molecule has 4 rings (SSSR count). The molecule has 0 aliphatic carbocycles. The molecule has 7 nitrogen and oxygen atoms in total. The van der Waals surface area contributed by atoms with Crippen LogP contribution in [0.2, 0.25) is 0 Å². The quantitative estimate of drug-likeness (QED) is 0.807. The van der Waals surface area contributed by atoms with Gasteiger partial charge in [0.25, 0.3) is 11.8 Å². The molecule has 1 atom stereocenters. The maximum atomic E-state index is 13.1. The summed E-state index contributed by atoms with van der Waals surface area (Å²) < 4.78 is 7.52. The first-order chi connectivity index (χ1) is 13.1. The molecule has 27 heavy (non-hydrogen) atoms. The first kappa shape index (κ1) is 18.2. The summed E-state index contributed by atoms with van der Waals surface area (Å²) in [5, 5.41) is 2.80. The Balaban J connectivity index is 1.44. The van der Waals surface area contributed by atoms with Crippen LogP contribution in [0.15, 0.2) is 17.6 Å². The summed E-state index contributed by atoms with van der Waals surface area (Å²) in [6.45, 7) is 6.85. The minimum atomic E-state index is -0.288. The van der Waals surface area contributed by atoms with E-state index in [4.69, 9.17) is 4.74 Å². The van der Waals surface area contributed by atoms with Crippen LogP contribution in [0, 0.1) is 13.8 Å². The second-order valence-electron chi connectivity index (χ2n) is 7.05. The van der Waals surface area contributed by atoms with E-state index in [1.54, 1.807) is 17.5 Å². The smallest absolute Gasteiger partial charge is 0.255 e. The molecular formula is C19H24N4O3S. The number of carbonyl (C=O) groups excluding carboxylic acids is 2. The maximum Gasteiger partial charge on any atom is 0.255 e. The van der Waals surface area contributed by atoms with Crippen molar-refractivity contribution in [1.82, 2.24) is 19.4 Å². The Bertz CT molecular complexity index is 832. The topological polar surface area (TPSA) is 67.7 Å². The van der Waals surface area contributed by atoms with Gasteiger partial charge in [-0.2, -0.15) is 0 Å². The number of rotatable bonds is 3. The Hall–Kier alpha value is -2.19. The molecule has 2 fully saturated rings. The fraction of sp³-hybridized carbons (Fsp3) is 0.526. The van der Waals surface area contributed by atoms with E-state index in [1.165, 1.54) is 0 Å². The summed E-state index contributed by atoms with van der Waals surface area (Å²) >= 11 is 1.55. The van der Waals surface area contributed by atoms with Gasteiger partial charge in [0.05, 0.1) is 5.56 Å². The fourth-order valence-electron chi connectivity index (χ4n) is 3.88. The number of piperazine rings is 1. The number of aryl methyl sites for hydroxylation is 1. The largest absolute Gasteiger partial charge is 0.368 e. The average Bonchev–Trinajstić information content (AvgIpc) is 3.42. The van der Waals surface area contributed by atoms with Gasteiger partial charge in [0.15, 0.2) is 5.13 Å². The van der Waals surface area contributed by atoms with Gasteiger partial charge in [0.2, 0.25) is 0 Å². The molecule has 4 heterocycles. The molecule has 0 aromatic carbocycles. The van der Waals surface area contributed by atoms with Crippen LogP contribution in [0.25, 0.3) is 5.13 Å². The van der Waals surface area contributed by atoms with Crippen LogP contribution < -0.4 is 0 Å². The van der Waals surface area contributed by atoms with E-state index in [9.17, 15) is 9.59 Å². The van der Waals surface area contributed by atoms with Crippen LogP contribution in [0.4, 0.5) is 0 Å². The lowest BCUT2D eigenvalue weighted by Crippen LogP contribution is -2.52. The first-order valence-corrected chi connectivity index (χ1v) is 10.2. The minimum Gasteiger partial charge on any atom is -0.368 e. The Morgan fingerprint density at radius 3 is 2.56 bits per heavy atom. The molecule has 0 radical (unpaired) electrons. The lowest BCUT2D eigenvalue weighted by atomic mass is 10.1. The molecule has 0 saturated carbocycles. The van der Waals surface area contributed by atoms with Crippen LogP contribution >= 0.6 is 11.3 Å². The Morgan fingerprint density at radius 1 is 1.19 bits per heavy atom. The highest BCUT2D eigenvalue weighted by molar-refractivity contribution is 7.12. The summed E-state index contributed by atoms with van der Waals surface area (Å²) in [7, 11) is 0. The SMILES string of the molecule is Cc1cc(C(=O)N2CCN(C(=O)C3CCCO3)CC2)c(C)n1-c1nccs1. The highest BCUT2D eigenvalue weighted by Gasteiger charge is 2.32. The number of ether oxygens (including phenoxy) is 1. The Labute approximate surface area is 162 Å². The second kappa shape index (κ2) is 7.44. The molecule has 0 bridgehead atoms. The molecule has 0 spiro atoms. The van der Waals surface area contributed by atoms with E-state index in [2.05, 4.69) is 4.98 Å². The third-order valence-corrected chi connectivity index (χ3v) is 6.11. The number of aromatic nitrogens is 2. The summed E-state index contributed by atoms with van der Waals surface area (Å²) in [4.78, 5) is 33.6. The lowest BCUT2D eigenvalue weighted by molar-refractivity contribution is -0.142. The van der Waals surface area contributed by atoms with E-state index < -0.39 is 0 Å². The molecule has 2 aromatic rings. The van der Waals surface area contributed by atoms with Crippen molar-refractivity contribution in [3.63, 3.8) is 0 Å². The zero-order valence-corrected chi connectivity index (χ0v) is 16.5. The van der Waals surface area contributed by atoms with Gasteiger partial charge >= 0.3 is 0 Å². The van der Waals surface area contributed by atoms with E-state index in [1.807, 2.05) is 39.7 Å². The van der Waals surface area contributed by atoms with Crippen molar-refractivity contribution >= 4 is 23.2 Å². The highest BCUT2D eigenvalue weighted by Crippen LogP contribution is 2.24. The predicted octanol–water partition coefficient (Wildman–Crippen LogP) is 2.01. The van der Waals surface area contributed by atoms with Crippen LogP contribution in [0.3, 0.4) is 0 Å². The van der Waals surface area contributed by atoms with Gasteiger partial charge < -0.3 is 14.5 Å². The van der Waals surface area contributed by atoms with Crippen molar-refractivity contribution in [1.29, 1.82) is 0 Å². The number of nitrogens with zero attached hydrogens (tertiary/aromatic N) is 4. The van der Waals surface area contributed by atoms with Gasteiger partial charge in [-0.1, -0.05) is 0 Å². The maximum absolute atomic E-state index is 13.1. The van der Waals surface area contributed by atoms with Crippen molar-refractivity contribution in [3.05, 3.63) is 34.6 Å². The average molecular weight is 388 g/mol. The van der Waals surface area contributed by atoms with Crippen molar-refractivity contribution in [3.8, 4) is 5.13 Å². The number of carbonyl (C=O) groups is 2. The molecule has 8 heteroatoms. The molecule has 0 N–H and O–H groups in total. The first-order valence-electron chi connectivity index (χ1n) is 9.34. The number of thiazole rings is 1. The van der Waals surface area contributed by atoms with Gasteiger partial charge in [0.1, 0.15) is 6.10 Å². The summed E-state index contributed by atoms with van der Waals surface area (Å²) in [5.41, 5.74) is 2.62. The Kier molecular flexibility index (Phi) is 5.01. The summed E-state index contributed by atoms with van der Waals surface area (Å²) in [6.07, 6.45) is 3.24. The van der Waals surface area contributed by atoms with Crippen molar-refractivity contribution in [2.45, 2.75) is 32.8 Å². The van der Waals surface area contributed by atoms with Crippen LogP contribution in [-0.4, -0.2) is 70.1 Å². The van der Waals surface area contributed by atoms with Gasteiger partial charge in [-0.3, -0.25) is 14.2 Å². The van der Waals surface area contributed by atoms with Crippen LogP contribution in [0.1, 0.15) is 34.6 Å². The lowest BCUT2D eigenvalue weighted by Gasteiger charge is -2.35. The molecule has 144 valence electrons. The third-order valence-electron chi connectivity index (χ3n) is 5.36. The number of hydrogen-bond donors (Lipinski definition) is 0. The van der Waals surface area contributed by atoms with Gasteiger partial charge in [-0.25, -0.2) is 4.98 Å². The fourth-order valence-corrected chi connectivity index (χ4v) is 4.63. The summed E-state index contributed by atoms with van der Waals surface area (Å²) in [6, 6.07) is 1.93. The minimum absolute atomic E-state index is 0.0233. The monoisotopic (exact) mass is 388 g/mol. The second-order valence-corrected chi connectivity index (χ2v) is 7.93. The molecule has 2 amide bonds. The normalized spacial score (nSPS) is 20.3. The van der Waals surface area contributed by atoms with Crippen molar-refractivity contribution in [2.75, 3.05) is 32.8 Å². The molecular weight excluding hydrogens is 364 g/mol. The Morgan fingerprint density at radius 2 is 1.93 bits per heavy atom. The van der Waals surface area contributed by atoms with Gasteiger partial charge in [0, 0.05) is 55.8 Å².